The number of benzene rings is 3. The number of hydrogen-bond donors (Lipinski definition) is 0. The summed E-state index contributed by atoms with van der Waals surface area (Å²) in [7, 11) is 1.57. The second-order valence-electron chi connectivity index (χ2n) is 6.99. The zero-order valence-corrected chi connectivity index (χ0v) is 17.4. The van der Waals surface area contributed by atoms with E-state index < -0.39 is 10.9 Å². The number of ether oxygens (including phenoxy) is 2. The normalized spacial score (nSPS) is 10.6. The topological polar surface area (TPSA) is 96.5 Å². The molecule has 0 saturated heterocycles. The molecule has 160 valence electrons. The van der Waals surface area contributed by atoms with Gasteiger partial charge in [0.1, 0.15) is 5.75 Å². The molecule has 8 heteroatoms. The van der Waals surface area contributed by atoms with E-state index in [0.717, 1.165) is 5.56 Å². The number of nitro groups is 1. The van der Waals surface area contributed by atoms with E-state index in [0.29, 0.717) is 22.7 Å². The molecule has 4 rings (SSSR count). The van der Waals surface area contributed by atoms with Crippen LogP contribution in [0.25, 0.3) is 16.9 Å². The number of aromatic nitrogens is 2. The first kappa shape index (κ1) is 20.8. The summed E-state index contributed by atoms with van der Waals surface area (Å²) in [5.74, 6) is 0.138. The van der Waals surface area contributed by atoms with Crippen LogP contribution in [0.4, 0.5) is 5.69 Å². The number of aryl methyl sites for hydroxylation is 1. The van der Waals surface area contributed by atoms with Gasteiger partial charge in [-0.1, -0.05) is 36.4 Å². The van der Waals surface area contributed by atoms with E-state index in [-0.39, 0.29) is 17.1 Å². The lowest BCUT2D eigenvalue weighted by atomic mass is 10.1. The molecule has 0 bridgehead atoms. The molecule has 1 aromatic heterocycles. The Hall–Kier alpha value is -4.46. The highest BCUT2D eigenvalue weighted by Crippen LogP contribution is 2.28. The second kappa shape index (κ2) is 8.73. The number of methoxy groups -OCH3 is 1. The first-order chi connectivity index (χ1) is 15.5. The molecule has 3 aromatic carbocycles. The van der Waals surface area contributed by atoms with Crippen LogP contribution in [0.2, 0.25) is 0 Å². The Morgan fingerprint density at radius 3 is 2.38 bits per heavy atom. The molecule has 0 amide bonds. The lowest BCUT2D eigenvalue weighted by molar-refractivity contribution is -0.385. The van der Waals surface area contributed by atoms with Crippen molar-refractivity contribution in [2.24, 2.45) is 0 Å². The van der Waals surface area contributed by atoms with Crippen LogP contribution in [0.1, 0.15) is 15.9 Å². The predicted molar refractivity (Wildman–Crippen MR) is 118 cm³/mol. The van der Waals surface area contributed by atoms with Gasteiger partial charge in [-0.3, -0.25) is 10.1 Å². The molecule has 0 aliphatic rings. The van der Waals surface area contributed by atoms with Crippen molar-refractivity contribution in [2.45, 2.75) is 6.92 Å². The van der Waals surface area contributed by atoms with E-state index in [2.05, 4.69) is 5.10 Å². The highest BCUT2D eigenvalue weighted by molar-refractivity contribution is 5.92. The molecule has 0 unspecified atom stereocenters. The molecule has 0 aliphatic carbocycles. The number of carbonyl (C=O) groups excluding carboxylic acids is 1. The maximum Gasteiger partial charge on any atom is 0.345 e. The van der Waals surface area contributed by atoms with Crippen molar-refractivity contribution >= 4 is 11.7 Å². The van der Waals surface area contributed by atoms with Crippen LogP contribution < -0.4 is 9.47 Å². The zero-order chi connectivity index (χ0) is 22.7. The third-order valence-corrected chi connectivity index (χ3v) is 4.90. The van der Waals surface area contributed by atoms with E-state index >= 15 is 0 Å². The van der Waals surface area contributed by atoms with Gasteiger partial charge in [-0.2, -0.15) is 9.78 Å². The number of nitrogens with zero attached hydrogens (tertiary/aromatic N) is 3. The number of carbonyl (C=O) groups is 1. The van der Waals surface area contributed by atoms with E-state index in [1.54, 1.807) is 44.4 Å². The minimum atomic E-state index is -0.720. The molecule has 1 heterocycles. The summed E-state index contributed by atoms with van der Waals surface area (Å²) in [6.45, 7) is 1.61. The summed E-state index contributed by atoms with van der Waals surface area (Å²) >= 11 is 0. The molecule has 0 saturated carbocycles. The molecule has 0 N–H and O–H groups in total. The van der Waals surface area contributed by atoms with E-state index in [4.69, 9.17) is 9.47 Å². The van der Waals surface area contributed by atoms with Gasteiger partial charge in [0.05, 0.1) is 29.0 Å². The number of esters is 1. The van der Waals surface area contributed by atoms with E-state index in [1.165, 1.54) is 22.9 Å². The summed E-state index contributed by atoms with van der Waals surface area (Å²) < 4.78 is 12.3. The van der Waals surface area contributed by atoms with Crippen LogP contribution in [0.3, 0.4) is 0 Å². The van der Waals surface area contributed by atoms with Crippen molar-refractivity contribution in [1.29, 1.82) is 0 Å². The van der Waals surface area contributed by atoms with Crippen LogP contribution in [0, 0.1) is 17.0 Å². The molecule has 0 atom stereocenters. The van der Waals surface area contributed by atoms with Crippen LogP contribution >= 0.6 is 0 Å². The highest BCUT2D eigenvalue weighted by atomic mass is 16.6. The van der Waals surface area contributed by atoms with Gasteiger partial charge in [0.2, 0.25) is 5.88 Å². The van der Waals surface area contributed by atoms with Gasteiger partial charge in [-0.25, -0.2) is 4.79 Å². The van der Waals surface area contributed by atoms with Crippen molar-refractivity contribution in [2.75, 3.05) is 7.11 Å². The smallest absolute Gasteiger partial charge is 0.345 e. The average molecular weight is 429 g/mol. The third-order valence-electron chi connectivity index (χ3n) is 4.90. The van der Waals surface area contributed by atoms with Crippen molar-refractivity contribution in [3.8, 4) is 28.6 Å². The Morgan fingerprint density at radius 2 is 1.72 bits per heavy atom. The fourth-order valence-electron chi connectivity index (χ4n) is 3.18. The quantitative estimate of drug-likeness (QED) is 0.244. The molecule has 0 fully saturated rings. The maximum atomic E-state index is 12.8. The average Bonchev–Trinajstić information content (AvgIpc) is 3.23. The van der Waals surface area contributed by atoms with Crippen LogP contribution in [0.15, 0.2) is 78.9 Å². The lowest BCUT2D eigenvalue weighted by Gasteiger charge is -2.09. The fraction of sp³-hybridized carbons (Fsp3) is 0.0833. The van der Waals surface area contributed by atoms with Gasteiger partial charge < -0.3 is 9.47 Å². The first-order valence-electron chi connectivity index (χ1n) is 9.73. The van der Waals surface area contributed by atoms with Crippen molar-refractivity contribution in [3.63, 3.8) is 0 Å². The standard InChI is InChI=1S/C24H19N3O5/c1-16-8-9-18(14-22(16)27(29)30)24(28)32-23-15-21(17-6-4-3-5-7-17)25-26(23)19-10-12-20(31-2)13-11-19/h3-15H,1-2H3. The lowest BCUT2D eigenvalue weighted by Crippen LogP contribution is -2.12. The molecule has 8 nitrogen and oxygen atoms in total. The van der Waals surface area contributed by atoms with Gasteiger partial charge in [-0.05, 0) is 37.3 Å². The summed E-state index contributed by atoms with van der Waals surface area (Å²) in [5, 5.41) is 15.8. The van der Waals surface area contributed by atoms with Gasteiger partial charge in [-0.15, -0.1) is 0 Å². The largest absolute Gasteiger partial charge is 0.497 e. The first-order valence-corrected chi connectivity index (χ1v) is 9.73. The minimum Gasteiger partial charge on any atom is -0.497 e. The molecule has 32 heavy (non-hydrogen) atoms. The highest BCUT2D eigenvalue weighted by Gasteiger charge is 2.20. The molecular formula is C24H19N3O5. The van der Waals surface area contributed by atoms with Gasteiger partial charge >= 0.3 is 5.97 Å². The van der Waals surface area contributed by atoms with Crippen LogP contribution in [-0.2, 0) is 0 Å². The fourth-order valence-corrected chi connectivity index (χ4v) is 3.18. The van der Waals surface area contributed by atoms with Gasteiger partial charge in [0, 0.05) is 23.3 Å². The van der Waals surface area contributed by atoms with E-state index in [1.807, 2.05) is 30.3 Å². The van der Waals surface area contributed by atoms with Gasteiger partial charge in [0.25, 0.3) is 5.69 Å². The summed E-state index contributed by atoms with van der Waals surface area (Å²) in [4.78, 5) is 23.5. The minimum absolute atomic E-state index is 0.0750. The van der Waals surface area contributed by atoms with Gasteiger partial charge in [0.15, 0.2) is 0 Å². The van der Waals surface area contributed by atoms with E-state index in [9.17, 15) is 14.9 Å². The Kier molecular flexibility index (Phi) is 5.67. The monoisotopic (exact) mass is 429 g/mol. The molecule has 0 radical (unpaired) electrons. The molecule has 0 aliphatic heterocycles. The SMILES string of the molecule is COc1ccc(-n2nc(-c3ccccc3)cc2OC(=O)c2ccc(C)c([N+](=O)[O-])c2)cc1. The second-order valence-corrected chi connectivity index (χ2v) is 6.99. The third kappa shape index (κ3) is 4.20. The Bertz CT molecular complexity index is 1280. The van der Waals surface area contributed by atoms with Crippen LogP contribution in [0.5, 0.6) is 11.6 Å². The van der Waals surface area contributed by atoms with Crippen LogP contribution in [-0.4, -0.2) is 27.8 Å². The summed E-state index contributed by atoms with van der Waals surface area (Å²) in [6, 6.07) is 22.5. The van der Waals surface area contributed by atoms with Crippen molar-refractivity contribution in [1.82, 2.24) is 9.78 Å². The number of hydrogen-bond acceptors (Lipinski definition) is 6. The summed E-state index contributed by atoms with van der Waals surface area (Å²) in [5.41, 5.74) is 2.51. The number of rotatable bonds is 6. The number of nitro benzene ring substituents is 1. The Balaban J connectivity index is 1.73. The Labute approximate surface area is 183 Å². The summed E-state index contributed by atoms with van der Waals surface area (Å²) in [6.07, 6.45) is 0. The maximum absolute atomic E-state index is 12.8. The zero-order valence-electron chi connectivity index (χ0n) is 17.4. The molecule has 4 aromatic rings. The van der Waals surface area contributed by atoms with Crippen molar-refractivity contribution < 1.29 is 19.2 Å². The molecule has 0 spiro atoms. The molecular weight excluding hydrogens is 410 g/mol. The van der Waals surface area contributed by atoms with Crippen molar-refractivity contribution in [3.05, 3.63) is 100 Å². The Morgan fingerprint density at radius 1 is 1.00 bits per heavy atom. The predicted octanol–water partition coefficient (Wildman–Crippen LogP) is 4.98.